The number of piperidine rings is 1. The van der Waals surface area contributed by atoms with Crippen LogP contribution in [0, 0.1) is 20.8 Å². The van der Waals surface area contributed by atoms with Crippen molar-refractivity contribution in [2.24, 2.45) is 7.05 Å². The summed E-state index contributed by atoms with van der Waals surface area (Å²) in [6.45, 7) is 6.97. The second-order valence-corrected chi connectivity index (χ2v) is 7.59. The Morgan fingerprint density at radius 2 is 2.12 bits per heavy atom. The molecule has 0 spiro atoms. The largest absolute Gasteiger partial charge is 0.333 e. The summed E-state index contributed by atoms with van der Waals surface area (Å²) in [6.07, 6.45) is 4.62. The lowest BCUT2D eigenvalue weighted by atomic mass is 10.0. The molecule has 1 aliphatic rings. The first kappa shape index (κ1) is 17.1. The highest BCUT2D eigenvalue weighted by atomic mass is 32.1. The average Bonchev–Trinajstić information content (AvgIpc) is 3.10. The molecule has 0 radical (unpaired) electrons. The molecule has 0 aromatic carbocycles. The van der Waals surface area contributed by atoms with Crippen LogP contribution in [0.1, 0.15) is 59.4 Å². The fraction of sp³-hybridized carbons (Fsp3) is 0.611. The summed E-state index contributed by atoms with van der Waals surface area (Å²) in [5.74, 6) is 0.246. The van der Waals surface area contributed by atoms with Crippen LogP contribution in [0.5, 0.6) is 0 Å². The van der Waals surface area contributed by atoms with E-state index >= 15 is 0 Å². The van der Waals surface area contributed by atoms with Gasteiger partial charge in [0, 0.05) is 36.8 Å². The van der Waals surface area contributed by atoms with Crippen molar-refractivity contribution in [2.45, 2.75) is 58.9 Å². The predicted molar refractivity (Wildman–Crippen MR) is 96.2 cm³/mol. The minimum Gasteiger partial charge on any atom is -0.333 e. The third kappa shape index (κ3) is 3.38. The van der Waals surface area contributed by atoms with Crippen LogP contribution in [0.2, 0.25) is 0 Å². The molecule has 0 N–H and O–H groups in total. The highest BCUT2D eigenvalue weighted by Crippen LogP contribution is 2.33. The van der Waals surface area contributed by atoms with Crippen LogP contribution < -0.4 is 0 Å². The van der Waals surface area contributed by atoms with Gasteiger partial charge in [-0.3, -0.25) is 9.48 Å². The molecular formula is C18H26N4OS. The average molecular weight is 347 g/mol. The zero-order chi connectivity index (χ0) is 17.3. The van der Waals surface area contributed by atoms with Crippen molar-refractivity contribution in [3.8, 4) is 0 Å². The number of rotatable bonds is 4. The van der Waals surface area contributed by atoms with Crippen molar-refractivity contribution in [3.63, 3.8) is 0 Å². The second-order valence-electron chi connectivity index (χ2n) is 6.70. The smallest absolute Gasteiger partial charge is 0.223 e. The summed E-state index contributed by atoms with van der Waals surface area (Å²) >= 11 is 1.68. The van der Waals surface area contributed by atoms with Crippen molar-refractivity contribution >= 4 is 17.2 Å². The number of nitrogens with zero attached hydrogens (tertiary/aromatic N) is 4. The molecule has 0 aliphatic carbocycles. The summed E-state index contributed by atoms with van der Waals surface area (Å²) < 4.78 is 1.90. The lowest BCUT2D eigenvalue weighted by Crippen LogP contribution is -2.38. The molecule has 2 aromatic rings. The van der Waals surface area contributed by atoms with Gasteiger partial charge in [-0.25, -0.2) is 4.98 Å². The van der Waals surface area contributed by atoms with Crippen LogP contribution in [-0.2, 0) is 18.3 Å². The Kier molecular flexibility index (Phi) is 5.04. The van der Waals surface area contributed by atoms with Gasteiger partial charge in [-0.05, 0) is 52.0 Å². The quantitative estimate of drug-likeness (QED) is 0.851. The van der Waals surface area contributed by atoms with Gasteiger partial charge < -0.3 is 4.90 Å². The van der Waals surface area contributed by atoms with E-state index in [1.54, 1.807) is 11.3 Å². The van der Waals surface area contributed by atoms with Gasteiger partial charge in [0.2, 0.25) is 5.91 Å². The Balaban J connectivity index is 1.70. The van der Waals surface area contributed by atoms with Crippen molar-refractivity contribution in [1.29, 1.82) is 0 Å². The van der Waals surface area contributed by atoms with Gasteiger partial charge in [-0.2, -0.15) is 5.10 Å². The van der Waals surface area contributed by atoms with Gasteiger partial charge >= 0.3 is 0 Å². The molecule has 1 aliphatic heterocycles. The Morgan fingerprint density at radius 1 is 1.33 bits per heavy atom. The molecule has 3 rings (SSSR count). The second kappa shape index (κ2) is 7.05. The molecule has 0 bridgehead atoms. The fourth-order valence-corrected chi connectivity index (χ4v) is 4.51. The zero-order valence-electron chi connectivity index (χ0n) is 15.0. The Labute approximate surface area is 147 Å². The van der Waals surface area contributed by atoms with Gasteiger partial charge in [-0.1, -0.05) is 0 Å². The number of thiazole rings is 1. The van der Waals surface area contributed by atoms with Crippen molar-refractivity contribution in [1.82, 2.24) is 19.7 Å². The summed E-state index contributed by atoms with van der Waals surface area (Å²) in [5, 5.41) is 7.62. The molecule has 1 fully saturated rings. The van der Waals surface area contributed by atoms with Gasteiger partial charge in [0.1, 0.15) is 5.01 Å². The molecule has 1 saturated heterocycles. The van der Waals surface area contributed by atoms with Crippen molar-refractivity contribution in [3.05, 3.63) is 33.0 Å². The van der Waals surface area contributed by atoms with Crippen LogP contribution in [0.25, 0.3) is 0 Å². The highest BCUT2D eigenvalue weighted by Gasteiger charge is 2.29. The molecule has 130 valence electrons. The Morgan fingerprint density at radius 3 is 2.75 bits per heavy atom. The van der Waals surface area contributed by atoms with E-state index in [2.05, 4.69) is 27.3 Å². The Bertz CT molecular complexity index is 733. The first-order chi connectivity index (χ1) is 11.5. The van der Waals surface area contributed by atoms with Gasteiger partial charge in [-0.15, -0.1) is 11.3 Å². The van der Waals surface area contributed by atoms with Crippen LogP contribution in [0.3, 0.4) is 0 Å². The zero-order valence-corrected chi connectivity index (χ0v) is 15.8. The number of hydrogen-bond donors (Lipinski definition) is 0. The first-order valence-electron chi connectivity index (χ1n) is 8.68. The first-order valence-corrected chi connectivity index (χ1v) is 9.56. The number of hydrogen-bond acceptors (Lipinski definition) is 4. The fourth-order valence-electron chi connectivity index (χ4n) is 3.57. The van der Waals surface area contributed by atoms with Crippen LogP contribution >= 0.6 is 11.3 Å². The van der Waals surface area contributed by atoms with E-state index in [0.717, 1.165) is 47.9 Å². The maximum Gasteiger partial charge on any atom is 0.223 e. The lowest BCUT2D eigenvalue weighted by Gasteiger charge is -2.34. The van der Waals surface area contributed by atoms with Gasteiger partial charge in [0.05, 0.1) is 11.7 Å². The van der Waals surface area contributed by atoms with E-state index < -0.39 is 0 Å². The third-order valence-corrected chi connectivity index (χ3v) is 6.06. The molecule has 1 atom stereocenters. The maximum absolute atomic E-state index is 12.9. The molecule has 0 unspecified atom stereocenters. The minimum absolute atomic E-state index is 0.168. The van der Waals surface area contributed by atoms with Crippen LogP contribution in [0.4, 0.5) is 0 Å². The summed E-state index contributed by atoms with van der Waals surface area (Å²) in [5.41, 5.74) is 4.46. The lowest BCUT2D eigenvalue weighted by molar-refractivity contribution is -0.135. The standard InChI is InChI=1S/C18H26N4OS/c1-12-11-24-18(19-12)16-7-5-6-10-22(16)17(23)9-8-15-13(2)20-21(4)14(15)3/h11,16H,5-10H2,1-4H3/t16-/m0/s1. The normalized spacial score (nSPS) is 18.2. The summed E-state index contributed by atoms with van der Waals surface area (Å²) in [4.78, 5) is 19.6. The Hall–Kier alpha value is -1.69. The summed E-state index contributed by atoms with van der Waals surface area (Å²) in [6, 6.07) is 0.168. The van der Waals surface area contributed by atoms with Crippen molar-refractivity contribution < 1.29 is 4.79 Å². The number of aromatic nitrogens is 3. The minimum atomic E-state index is 0.168. The van der Waals surface area contributed by atoms with Gasteiger partial charge in [0.15, 0.2) is 0 Å². The number of amides is 1. The van der Waals surface area contributed by atoms with E-state index in [9.17, 15) is 4.79 Å². The topological polar surface area (TPSA) is 51.0 Å². The van der Waals surface area contributed by atoms with E-state index in [1.807, 2.05) is 25.6 Å². The number of carbonyl (C=O) groups is 1. The van der Waals surface area contributed by atoms with E-state index in [-0.39, 0.29) is 11.9 Å². The van der Waals surface area contributed by atoms with Crippen molar-refractivity contribution in [2.75, 3.05) is 6.54 Å². The molecule has 5 nitrogen and oxygen atoms in total. The van der Waals surface area contributed by atoms with Crippen LogP contribution in [0.15, 0.2) is 5.38 Å². The molecule has 6 heteroatoms. The maximum atomic E-state index is 12.9. The number of likely N-dealkylation sites (tertiary alicyclic amines) is 1. The summed E-state index contributed by atoms with van der Waals surface area (Å²) in [7, 11) is 1.96. The number of carbonyl (C=O) groups excluding carboxylic acids is 1. The third-order valence-electron chi connectivity index (χ3n) is 4.99. The molecule has 24 heavy (non-hydrogen) atoms. The SMILES string of the molecule is Cc1csc([C@@H]2CCCCN2C(=O)CCc2c(C)nn(C)c2C)n1. The predicted octanol–water partition coefficient (Wildman–Crippen LogP) is 3.49. The number of aryl methyl sites for hydroxylation is 3. The van der Waals surface area contributed by atoms with E-state index in [0.29, 0.717) is 6.42 Å². The van der Waals surface area contributed by atoms with E-state index in [1.165, 1.54) is 12.0 Å². The molecule has 2 aromatic heterocycles. The molecule has 3 heterocycles. The highest BCUT2D eigenvalue weighted by molar-refractivity contribution is 7.09. The van der Waals surface area contributed by atoms with Crippen LogP contribution in [-0.4, -0.2) is 32.1 Å². The monoisotopic (exact) mass is 346 g/mol. The molecular weight excluding hydrogens is 320 g/mol. The molecule has 1 amide bonds. The van der Waals surface area contributed by atoms with Gasteiger partial charge in [0.25, 0.3) is 0 Å². The van der Waals surface area contributed by atoms with E-state index in [4.69, 9.17) is 0 Å². The molecule has 0 saturated carbocycles.